The fourth-order valence-electron chi connectivity index (χ4n) is 4.17. The molecule has 2 aromatic rings. The molecule has 2 heterocycles. The van der Waals surface area contributed by atoms with Gasteiger partial charge in [-0.25, -0.2) is 13.2 Å². The van der Waals surface area contributed by atoms with Crippen LogP contribution in [0.5, 0.6) is 0 Å². The molecule has 0 radical (unpaired) electrons. The van der Waals surface area contributed by atoms with Gasteiger partial charge in [0.25, 0.3) is 5.91 Å². The van der Waals surface area contributed by atoms with Crippen molar-refractivity contribution in [2.75, 3.05) is 6.54 Å². The lowest BCUT2D eigenvalue weighted by atomic mass is 9.72. The topological polar surface area (TPSA) is 81.2 Å². The van der Waals surface area contributed by atoms with E-state index in [9.17, 15) is 22.8 Å². The monoisotopic (exact) mass is 440 g/mol. The predicted octanol–water partition coefficient (Wildman–Crippen LogP) is 3.47. The van der Waals surface area contributed by atoms with Gasteiger partial charge in [-0.3, -0.25) is 14.3 Å². The number of nitrogens with two attached hydrogens (primary N) is 1. The Morgan fingerprint density at radius 3 is 2.63 bits per heavy atom. The van der Waals surface area contributed by atoms with E-state index in [1.165, 1.54) is 18.2 Å². The second kappa shape index (κ2) is 7.94. The number of halogens is 4. The minimum atomic E-state index is -2.41. The molecule has 1 unspecified atom stereocenters. The Kier molecular flexibility index (Phi) is 5.48. The van der Waals surface area contributed by atoms with E-state index in [1.54, 1.807) is 9.58 Å². The molecular formula is C20H20ClF3N4O2. The normalized spacial score (nSPS) is 20.8. The predicted molar refractivity (Wildman–Crippen MR) is 103 cm³/mol. The van der Waals surface area contributed by atoms with E-state index in [4.69, 9.17) is 17.3 Å². The number of amides is 2. The summed E-state index contributed by atoms with van der Waals surface area (Å²) >= 11 is 5.86. The lowest BCUT2D eigenvalue weighted by molar-refractivity contribution is -0.136. The van der Waals surface area contributed by atoms with E-state index in [2.05, 4.69) is 5.10 Å². The van der Waals surface area contributed by atoms with Gasteiger partial charge in [-0.2, -0.15) is 5.10 Å². The number of hydrogen-bond acceptors (Lipinski definition) is 3. The second-order valence-corrected chi connectivity index (χ2v) is 8.15. The molecule has 1 aromatic carbocycles. The average molecular weight is 441 g/mol. The van der Waals surface area contributed by atoms with Gasteiger partial charge in [0.1, 0.15) is 11.5 Å². The van der Waals surface area contributed by atoms with Gasteiger partial charge < -0.3 is 10.6 Å². The molecular weight excluding hydrogens is 421 g/mol. The average Bonchev–Trinajstić information content (AvgIpc) is 3.05. The molecule has 2 aliphatic rings. The van der Waals surface area contributed by atoms with Gasteiger partial charge in [-0.05, 0) is 37.0 Å². The smallest absolute Gasteiger partial charge is 0.252 e. The summed E-state index contributed by atoms with van der Waals surface area (Å²) in [6.45, 7) is 0.783. The number of nitrogens with zero attached hydrogens (tertiary/aromatic N) is 3. The molecule has 1 saturated carbocycles. The number of carbonyl (C=O) groups is 2. The highest BCUT2D eigenvalue weighted by molar-refractivity contribution is 6.31. The number of fused-ring (bicyclic) bond motifs is 1. The number of aromatic nitrogens is 2. The summed E-state index contributed by atoms with van der Waals surface area (Å²) in [6, 6.07) is 3.99. The van der Waals surface area contributed by atoms with Gasteiger partial charge in [0.15, 0.2) is 0 Å². The van der Waals surface area contributed by atoms with E-state index in [-0.39, 0.29) is 41.1 Å². The van der Waals surface area contributed by atoms with Crippen molar-refractivity contribution in [3.63, 3.8) is 0 Å². The summed E-state index contributed by atoms with van der Waals surface area (Å²) in [5.41, 5.74) is 6.90. The summed E-state index contributed by atoms with van der Waals surface area (Å²) in [5.74, 6) is -2.57. The first-order valence-corrected chi connectivity index (χ1v) is 10.0. The third-order valence-corrected chi connectivity index (χ3v) is 6.30. The first-order chi connectivity index (χ1) is 14.3. The highest BCUT2D eigenvalue weighted by Crippen LogP contribution is 2.41. The van der Waals surface area contributed by atoms with Gasteiger partial charge in [0.05, 0.1) is 29.4 Å². The van der Waals surface area contributed by atoms with E-state index >= 15 is 0 Å². The molecule has 1 aliphatic heterocycles. The first-order valence-electron chi connectivity index (χ1n) is 9.67. The summed E-state index contributed by atoms with van der Waals surface area (Å²) in [5, 5.41) is 4.32. The van der Waals surface area contributed by atoms with Crippen LogP contribution in [-0.2, 0) is 17.9 Å². The number of rotatable bonds is 5. The lowest BCUT2D eigenvalue weighted by Gasteiger charge is -2.37. The number of alkyl halides is 2. The molecule has 160 valence electrons. The zero-order valence-corrected chi connectivity index (χ0v) is 16.7. The van der Waals surface area contributed by atoms with Crippen LogP contribution in [0.15, 0.2) is 18.2 Å². The SMILES string of the molecule is NC(=O)c1c(-c2ccc(F)c(Cl)c2)nn2c1CN(C(=O)C[C@@H]1CCC1C(F)F)CC2. The van der Waals surface area contributed by atoms with Crippen molar-refractivity contribution in [1.29, 1.82) is 0 Å². The Bertz CT molecular complexity index is 1010. The quantitative estimate of drug-likeness (QED) is 0.773. The Labute approximate surface area is 175 Å². The Balaban J connectivity index is 1.58. The number of hydrogen-bond donors (Lipinski definition) is 1. The van der Waals surface area contributed by atoms with Crippen LogP contribution in [0.3, 0.4) is 0 Å². The van der Waals surface area contributed by atoms with Crippen LogP contribution < -0.4 is 5.73 Å². The molecule has 2 amide bonds. The Morgan fingerprint density at radius 1 is 1.27 bits per heavy atom. The van der Waals surface area contributed by atoms with Crippen molar-refractivity contribution >= 4 is 23.4 Å². The van der Waals surface area contributed by atoms with E-state index < -0.39 is 24.1 Å². The fourth-order valence-corrected chi connectivity index (χ4v) is 4.35. The highest BCUT2D eigenvalue weighted by Gasteiger charge is 2.40. The van der Waals surface area contributed by atoms with Crippen LogP contribution in [-0.4, -0.2) is 39.5 Å². The van der Waals surface area contributed by atoms with Crippen LogP contribution in [0.25, 0.3) is 11.3 Å². The molecule has 1 fully saturated rings. The minimum Gasteiger partial charge on any atom is -0.365 e. The fraction of sp³-hybridized carbons (Fsp3) is 0.450. The molecule has 0 spiro atoms. The van der Waals surface area contributed by atoms with E-state index in [0.717, 1.165) is 0 Å². The molecule has 4 rings (SSSR count). The molecule has 30 heavy (non-hydrogen) atoms. The number of primary amides is 1. The van der Waals surface area contributed by atoms with Crippen LogP contribution >= 0.6 is 11.6 Å². The van der Waals surface area contributed by atoms with Crippen molar-refractivity contribution in [1.82, 2.24) is 14.7 Å². The Morgan fingerprint density at radius 2 is 2.03 bits per heavy atom. The number of carbonyl (C=O) groups excluding carboxylic acids is 2. The molecule has 1 aliphatic carbocycles. The first kappa shape index (κ1) is 20.7. The summed E-state index contributed by atoms with van der Waals surface area (Å²) in [6.07, 6.45) is -1.28. The molecule has 1 aromatic heterocycles. The van der Waals surface area contributed by atoms with Crippen molar-refractivity contribution in [3.05, 3.63) is 40.3 Å². The van der Waals surface area contributed by atoms with Gasteiger partial charge >= 0.3 is 0 Å². The summed E-state index contributed by atoms with van der Waals surface area (Å²) in [4.78, 5) is 26.4. The molecule has 0 saturated heterocycles. The minimum absolute atomic E-state index is 0.0650. The van der Waals surface area contributed by atoms with Crippen LogP contribution in [0.4, 0.5) is 13.2 Å². The van der Waals surface area contributed by atoms with Crippen molar-refractivity contribution in [3.8, 4) is 11.3 Å². The Hall–Kier alpha value is -2.55. The molecule has 10 heteroatoms. The van der Waals surface area contributed by atoms with Crippen molar-refractivity contribution in [2.24, 2.45) is 17.6 Å². The summed E-state index contributed by atoms with van der Waals surface area (Å²) in [7, 11) is 0. The lowest BCUT2D eigenvalue weighted by Crippen LogP contribution is -2.42. The van der Waals surface area contributed by atoms with Gasteiger partial charge in [-0.15, -0.1) is 0 Å². The van der Waals surface area contributed by atoms with Gasteiger partial charge in [-0.1, -0.05) is 11.6 Å². The maximum absolute atomic E-state index is 13.5. The van der Waals surface area contributed by atoms with Crippen molar-refractivity contribution in [2.45, 2.75) is 38.8 Å². The van der Waals surface area contributed by atoms with Gasteiger partial charge in [0, 0.05) is 24.4 Å². The highest BCUT2D eigenvalue weighted by atomic mass is 35.5. The van der Waals surface area contributed by atoms with E-state index in [0.29, 0.717) is 37.2 Å². The molecule has 2 atom stereocenters. The number of benzene rings is 1. The van der Waals surface area contributed by atoms with E-state index in [1.807, 2.05) is 0 Å². The molecule has 0 bridgehead atoms. The third-order valence-electron chi connectivity index (χ3n) is 6.01. The van der Waals surface area contributed by atoms with Crippen LogP contribution in [0, 0.1) is 17.7 Å². The maximum Gasteiger partial charge on any atom is 0.252 e. The van der Waals surface area contributed by atoms with Crippen LogP contribution in [0.1, 0.15) is 35.3 Å². The van der Waals surface area contributed by atoms with Crippen molar-refractivity contribution < 1.29 is 22.8 Å². The zero-order valence-electron chi connectivity index (χ0n) is 16.0. The zero-order chi connectivity index (χ0) is 21.6. The third kappa shape index (κ3) is 3.66. The standard InChI is InChI=1S/C20H20ClF3N4O2/c21-13-7-11(2-4-14(13)22)18-17(20(25)30)15-9-27(5-6-28(15)26-18)16(29)8-10-1-3-12(10)19(23)24/h2,4,7,10,12,19H,1,3,5-6,8-9H2,(H2,25,30)/t10-,12?/m0/s1. The molecule has 2 N–H and O–H groups in total. The maximum atomic E-state index is 13.5. The second-order valence-electron chi connectivity index (χ2n) is 7.74. The van der Waals surface area contributed by atoms with Crippen LogP contribution in [0.2, 0.25) is 5.02 Å². The largest absolute Gasteiger partial charge is 0.365 e. The van der Waals surface area contributed by atoms with Gasteiger partial charge in [0.2, 0.25) is 12.3 Å². The summed E-state index contributed by atoms with van der Waals surface area (Å²) < 4.78 is 41.0. The molecule has 6 nitrogen and oxygen atoms in total.